The second kappa shape index (κ2) is 4.48. The quantitative estimate of drug-likeness (QED) is 0.828. The molecule has 0 spiro atoms. The molecule has 1 aliphatic rings. The number of amides is 1. The van der Waals surface area contributed by atoms with Crippen LogP contribution in [0.25, 0.3) is 0 Å². The van der Waals surface area contributed by atoms with Crippen molar-refractivity contribution in [1.82, 2.24) is 4.90 Å². The van der Waals surface area contributed by atoms with Crippen LogP contribution in [0.1, 0.15) is 54.4 Å². The van der Waals surface area contributed by atoms with E-state index in [0.717, 1.165) is 12.8 Å². The number of hydrogen-bond donors (Lipinski definition) is 1. The van der Waals surface area contributed by atoms with E-state index in [1.807, 2.05) is 27.7 Å². The molecule has 1 atom stereocenters. The summed E-state index contributed by atoms with van der Waals surface area (Å²) >= 11 is 0. The minimum Gasteiger partial charge on any atom is -0.444 e. The van der Waals surface area contributed by atoms with Crippen LogP contribution in [0.4, 0.5) is 4.79 Å². The third kappa shape index (κ3) is 4.19. The highest BCUT2D eigenvalue weighted by molar-refractivity contribution is 5.69. The van der Waals surface area contributed by atoms with E-state index in [4.69, 9.17) is 4.74 Å². The topological polar surface area (TPSA) is 49.8 Å². The van der Waals surface area contributed by atoms with Gasteiger partial charge in [0.25, 0.3) is 0 Å². The summed E-state index contributed by atoms with van der Waals surface area (Å²) in [5.74, 6) is 0. The highest BCUT2D eigenvalue weighted by Crippen LogP contribution is 2.33. The van der Waals surface area contributed by atoms with Crippen molar-refractivity contribution in [3.8, 4) is 0 Å². The lowest BCUT2D eigenvalue weighted by atomic mass is 9.99. The molecule has 0 aromatic heterocycles. The van der Waals surface area contributed by atoms with Crippen molar-refractivity contribution in [1.29, 1.82) is 0 Å². The molecule has 0 aromatic rings. The number of rotatable bonds is 3. The Kier molecular flexibility index (Phi) is 3.77. The Labute approximate surface area is 104 Å². The number of nitrogens with zero attached hydrogens (tertiary/aromatic N) is 1. The van der Waals surface area contributed by atoms with Gasteiger partial charge in [-0.2, -0.15) is 0 Å². The minimum atomic E-state index is -0.917. The SMILES string of the molecule is C[C@H](N(C(=O)OC(C)(C)C)C1CC1)C(C)(C)O. The molecule has 4 heteroatoms. The van der Waals surface area contributed by atoms with Crippen LogP contribution in [0.15, 0.2) is 0 Å². The molecular weight excluding hydrogens is 218 g/mol. The summed E-state index contributed by atoms with van der Waals surface area (Å²) in [6.07, 6.45) is 1.67. The summed E-state index contributed by atoms with van der Waals surface area (Å²) in [5.41, 5.74) is -1.41. The van der Waals surface area contributed by atoms with E-state index < -0.39 is 11.2 Å². The first-order chi connectivity index (χ1) is 7.52. The molecule has 1 rings (SSSR count). The van der Waals surface area contributed by atoms with Gasteiger partial charge >= 0.3 is 6.09 Å². The van der Waals surface area contributed by atoms with E-state index in [9.17, 15) is 9.90 Å². The first-order valence-electron chi connectivity index (χ1n) is 6.26. The molecule has 0 bridgehead atoms. The average Bonchev–Trinajstić information content (AvgIpc) is 2.82. The molecule has 1 saturated carbocycles. The molecule has 1 aliphatic carbocycles. The molecule has 0 saturated heterocycles. The molecule has 0 heterocycles. The Balaban J connectivity index is 2.76. The van der Waals surface area contributed by atoms with Gasteiger partial charge in [0, 0.05) is 6.04 Å². The van der Waals surface area contributed by atoms with Gasteiger partial charge in [0.1, 0.15) is 5.60 Å². The van der Waals surface area contributed by atoms with Crippen LogP contribution in [0.3, 0.4) is 0 Å². The fraction of sp³-hybridized carbons (Fsp3) is 0.923. The van der Waals surface area contributed by atoms with Crippen molar-refractivity contribution in [3.05, 3.63) is 0 Å². The van der Waals surface area contributed by atoms with Gasteiger partial charge in [-0.05, 0) is 54.4 Å². The van der Waals surface area contributed by atoms with Gasteiger partial charge in [-0.25, -0.2) is 4.79 Å². The normalized spacial score (nSPS) is 18.8. The van der Waals surface area contributed by atoms with Crippen molar-refractivity contribution < 1.29 is 14.6 Å². The van der Waals surface area contributed by atoms with Gasteiger partial charge in [0.15, 0.2) is 0 Å². The molecule has 100 valence electrons. The zero-order chi connectivity index (χ0) is 13.4. The fourth-order valence-corrected chi connectivity index (χ4v) is 1.63. The lowest BCUT2D eigenvalue weighted by Crippen LogP contribution is -2.52. The molecule has 0 radical (unpaired) electrons. The van der Waals surface area contributed by atoms with Crippen molar-refractivity contribution >= 4 is 6.09 Å². The first kappa shape index (κ1) is 14.3. The second-order valence-corrected chi connectivity index (χ2v) is 6.45. The standard InChI is InChI=1S/C13H25NO3/c1-9(13(5,6)16)14(10-7-8-10)11(15)17-12(2,3)4/h9-10,16H,7-8H2,1-6H3/t9-/m0/s1. The van der Waals surface area contributed by atoms with Crippen molar-refractivity contribution in [2.24, 2.45) is 0 Å². The maximum Gasteiger partial charge on any atom is 0.410 e. The molecule has 1 fully saturated rings. The largest absolute Gasteiger partial charge is 0.444 e. The zero-order valence-corrected chi connectivity index (χ0v) is 11.8. The van der Waals surface area contributed by atoms with Crippen LogP contribution >= 0.6 is 0 Å². The van der Waals surface area contributed by atoms with Crippen LogP contribution in [0.5, 0.6) is 0 Å². The smallest absolute Gasteiger partial charge is 0.410 e. The van der Waals surface area contributed by atoms with Crippen LogP contribution in [0, 0.1) is 0 Å². The van der Waals surface area contributed by atoms with Crippen LogP contribution in [0.2, 0.25) is 0 Å². The molecular formula is C13H25NO3. The predicted octanol–water partition coefficient (Wildman–Crippen LogP) is 2.55. The van der Waals surface area contributed by atoms with Crippen LogP contribution in [-0.2, 0) is 4.74 Å². The first-order valence-corrected chi connectivity index (χ1v) is 6.26. The average molecular weight is 243 g/mol. The highest BCUT2D eigenvalue weighted by Gasteiger charge is 2.42. The van der Waals surface area contributed by atoms with Gasteiger partial charge in [0.05, 0.1) is 11.6 Å². The van der Waals surface area contributed by atoms with Crippen molar-refractivity contribution in [3.63, 3.8) is 0 Å². The molecule has 4 nitrogen and oxygen atoms in total. The van der Waals surface area contributed by atoms with Gasteiger partial charge in [-0.15, -0.1) is 0 Å². The highest BCUT2D eigenvalue weighted by atomic mass is 16.6. The number of carbonyl (C=O) groups is 1. The van der Waals surface area contributed by atoms with Gasteiger partial charge < -0.3 is 9.84 Å². The van der Waals surface area contributed by atoms with E-state index >= 15 is 0 Å². The Hall–Kier alpha value is -0.770. The lowest BCUT2D eigenvalue weighted by Gasteiger charge is -2.37. The van der Waals surface area contributed by atoms with Gasteiger partial charge in [-0.1, -0.05) is 0 Å². The summed E-state index contributed by atoms with van der Waals surface area (Å²) in [4.78, 5) is 13.8. The van der Waals surface area contributed by atoms with E-state index in [2.05, 4.69) is 0 Å². The summed E-state index contributed by atoms with van der Waals surface area (Å²) < 4.78 is 5.39. The van der Waals surface area contributed by atoms with Crippen LogP contribution < -0.4 is 0 Å². The maximum atomic E-state index is 12.1. The maximum absolute atomic E-state index is 12.1. The number of hydrogen-bond acceptors (Lipinski definition) is 3. The zero-order valence-electron chi connectivity index (χ0n) is 11.8. The van der Waals surface area contributed by atoms with E-state index in [0.29, 0.717) is 0 Å². The van der Waals surface area contributed by atoms with Crippen molar-refractivity contribution in [2.45, 2.75) is 77.7 Å². The number of carbonyl (C=O) groups excluding carboxylic acids is 1. The number of ether oxygens (including phenoxy) is 1. The summed E-state index contributed by atoms with van der Waals surface area (Å²) in [5, 5.41) is 10.0. The van der Waals surface area contributed by atoms with E-state index in [1.165, 1.54) is 0 Å². The Bertz CT molecular complexity index is 284. The van der Waals surface area contributed by atoms with Crippen molar-refractivity contribution in [2.75, 3.05) is 0 Å². The Morgan fingerprint density at radius 2 is 1.76 bits per heavy atom. The monoisotopic (exact) mass is 243 g/mol. The number of aliphatic hydroxyl groups is 1. The fourth-order valence-electron chi connectivity index (χ4n) is 1.63. The lowest BCUT2D eigenvalue weighted by molar-refractivity contribution is -0.0347. The van der Waals surface area contributed by atoms with Gasteiger partial charge in [-0.3, -0.25) is 4.90 Å². The molecule has 0 aliphatic heterocycles. The summed E-state index contributed by atoms with van der Waals surface area (Å²) in [7, 11) is 0. The third-order valence-corrected chi connectivity index (χ3v) is 2.98. The molecule has 0 unspecified atom stereocenters. The predicted molar refractivity (Wildman–Crippen MR) is 66.9 cm³/mol. The summed E-state index contributed by atoms with van der Waals surface area (Å²) in [6, 6.07) is -0.0175. The third-order valence-electron chi connectivity index (χ3n) is 2.98. The van der Waals surface area contributed by atoms with Gasteiger partial charge in [0.2, 0.25) is 0 Å². The molecule has 1 amide bonds. The van der Waals surface area contributed by atoms with Crippen LogP contribution in [-0.4, -0.2) is 39.4 Å². The van der Waals surface area contributed by atoms with E-state index in [-0.39, 0.29) is 18.2 Å². The molecule has 0 aromatic carbocycles. The molecule has 1 N–H and O–H groups in total. The molecule has 17 heavy (non-hydrogen) atoms. The second-order valence-electron chi connectivity index (χ2n) is 6.45. The Morgan fingerprint density at radius 3 is 2.06 bits per heavy atom. The summed E-state index contributed by atoms with van der Waals surface area (Å²) in [6.45, 7) is 10.9. The van der Waals surface area contributed by atoms with E-state index in [1.54, 1.807) is 18.7 Å². The minimum absolute atomic E-state index is 0.228. The Morgan fingerprint density at radius 1 is 1.29 bits per heavy atom.